The zero-order chi connectivity index (χ0) is 20.8. The molecule has 0 aliphatic rings. The Hall–Kier alpha value is -2.47. The first-order chi connectivity index (χ1) is 14.0. The Labute approximate surface area is 179 Å². The second kappa shape index (κ2) is 9.83. The summed E-state index contributed by atoms with van der Waals surface area (Å²) in [6.45, 7) is 4.86. The molecule has 0 spiro atoms. The minimum absolute atomic E-state index is 0.00312. The summed E-state index contributed by atoms with van der Waals surface area (Å²) in [5, 5.41) is 0.587. The molecule has 0 saturated heterocycles. The standard InChI is InChI=1S/C23H26BrN3O2/c1-3-15-27(16(2)17-9-4-6-11-19(17)24)22(28)14-8-13-21-25-20-12-7-5-10-18(20)23(29)26-21/h4-7,9-12,16H,3,8,13-15H2,1-2H3,(H,25,26,29). The average Bonchev–Trinajstić information content (AvgIpc) is 2.72. The molecule has 1 heterocycles. The van der Waals surface area contributed by atoms with Gasteiger partial charge in [-0.25, -0.2) is 4.98 Å². The highest BCUT2D eigenvalue weighted by Crippen LogP contribution is 2.28. The van der Waals surface area contributed by atoms with Gasteiger partial charge >= 0.3 is 0 Å². The van der Waals surface area contributed by atoms with Crippen LogP contribution in [0.25, 0.3) is 10.9 Å². The second-order valence-corrected chi connectivity index (χ2v) is 8.02. The van der Waals surface area contributed by atoms with Crippen LogP contribution < -0.4 is 5.56 Å². The van der Waals surface area contributed by atoms with Crippen LogP contribution in [0.1, 0.15) is 50.5 Å². The maximum atomic E-state index is 12.9. The minimum atomic E-state index is -0.132. The molecule has 1 amide bonds. The number of para-hydroxylation sites is 1. The highest BCUT2D eigenvalue weighted by atomic mass is 79.9. The summed E-state index contributed by atoms with van der Waals surface area (Å²) >= 11 is 3.60. The fourth-order valence-corrected chi connectivity index (χ4v) is 4.18. The van der Waals surface area contributed by atoms with Crippen molar-refractivity contribution in [1.82, 2.24) is 14.9 Å². The first-order valence-electron chi connectivity index (χ1n) is 10.0. The van der Waals surface area contributed by atoms with E-state index >= 15 is 0 Å². The number of fused-ring (bicyclic) bond motifs is 1. The van der Waals surface area contributed by atoms with Crippen molar-refractivity contribution < 1.29 is 4.79 Å². The van der Waals surface area contributed by atoms with E-state index in [-0.39, 0.29) is 17.5 Å². The highest BCUT2D eigenvalue weighted by Gasteiger charge is 2.22. The quantitative estimate of drug-likeness (QED) is 0.518. The van der Waals surface area contributed by atoms with Gasteiger partial charge in [0.1, 0.15) is 5.82 Å². The number of rotatable bonds is 8. The lowest BCUT2D eigenvalue weighted by Crippen LogP contribution is -2.34. The molecule has 3 rings (SSSR count). The number of nitrogens with zero attached hydrogens (tertiary/aromatic N) is 2. The van der Waals surface area contributed by atoms with Gasteiger partial charge in [-0.3, -0.25) is 9.59 Å². The van der Waals surface area contributed by atoms with Crippen LogP contribution in [0.5, 0.6) is 0 Å². The maximum absolute atomic E-state index is 12.9. The lowest BCUT2D eigenvalue weighted by atomic mass is 10.1. The number of H-pyrrole nitrogens is 1. The van der Waals surface area contributed by atoms with E-state index in [4.69, 9.17) is 0 Å². The van der Waals surface area contributed by atoms with E-state index in [1.54, 1.807) is 6.07 Å². The van der Waals surface area contributed by atoms with Crippen molar-refractivity contribution in [2.24, 2.45) is 0 Å². The van der Waals surface area contributed by atoms with Crippen molar-refractivity contribution in [2.45, 2.75) is 45.6 Å². The predicted molar refractivity (Wildman–Crippen MR) is 120 cm³/mol. The van der Waals surface area contributed by atoms with Crippen molar-refractivity contribution in [3.05, 3.63) is 74.7 Å². The SMILES string of the molecule is CCCN(C(=O)CCCc1nc2ccccc2c(=O)[nH]1)C(C)c1ccccc1Br. The normalized spacial score (nSPS) is 12.1. The average molecular weight is 456 g/mol. The number of carbonyl (C=O) groups excluding carboxylic acids is 1. The number of hydrogen-bond donors (Lipinski definition) is 1. The van der Waals surface area contributed by atoms with Crippen LogP contribution in [0.3, 0.4) is 0 Å². The fourth-order valence-electron chi connectivity index (χ4n) is 3.56. The van der Waals surface area contributed by atoms with Crippen LogP contribution in [0, 0.1) is 0 Å². The van der Waals surface area contributed by atoms with Gasteiger partial charge in [-0.05, 0) is 43.5 Å². The first kappa shape index (κ1) is 21.2. The van der Waals surface area contributed by atoms with E-state index < -0.39 is 0 Å². The molecule has 0 bridgehead atoms. The van der Waals surface area contributed by atoms with Crippen LogP contribution in [0.2, 0.25) is 0 Å². The molecule has 6 heteroatoms. The van der Waals surface area contributed by atoms with Crippen molar-refractivity contribution in [3.8, 4) is 0 Å². The molecule has 152 valence electrons. The Balaban J connectivity index is 1.66. The molecule has 0 saturated carbocycles. The monoisotopic (exact) mass is 455 g/mol. The van der Waals surface area contributed by atoms with E-state index in [9.17, 15) is 9.59 Å². The summed E-state index contributed by atoms with van der Waals surface area (Å²) in [5.41, 5.74) is 1.66. The fraction of sp³-hybridized carbons (Fsp3) is 0.348. The minimum Gasteiger partial charge on any atom is -0.336 e. The number of hydrogen-bond acceptors (Lipinski definition) is 3. The summed E-state index contributed by atoms with van der Waals surface area (Å²) in [7, 11) is 0. The van der Waals surface area contributed by atoms with Crippen molar-refractivity contribution in [1.29, 1.82) is 0 Å². The van der Waals surface area contributed by atoms with Crippen LogP contribution in [0.15, 0.2) is 57.8 Å². The van der Waals surface area contributed by atoms with Gasteiger partial charge in [0.25, 0.3) is 5.56 Å². The molecule has 1 unspecified atom stereocenters. The number of aromatic amines is 1. The predicted octanol–water partition coefficient (Wildman–Crippen LogP) is 5.01. The Kier molecular flexibility index (Phi) is 7.20. The molecule has 0 aliphatic carbocycles. The van der Waals surface area contributed by atoms with Gasteiger partial charge in [-0.1, -0.05) is 53.2 Å². The molecule has 3 aromatic rings. The summed E-state index contributed by atoms with van der Waals surface area (Å²) in [5.74, 6) is 0.751. The topological polar surface area (TPSA) is 66.1 Å². The van der Waals surface area contributed by atoms with Crippen LogP contribution in [0.4, 0.5) is 0 Å². The van der Waals surface area contributed by atoms with Gasteiger partial charge in [0.05, 0.1) is 16.9 Å². The van der Waals surface area contributed by atoms with Crippen LogP contribution >= 0.6 is 15.9 Å². The van der Waals surface area contributed by atoms with Crippen molar-refractivity contribution >= 4 is 32.7 Å². The Bertz CT molecular complexity index is 1050. The lowest BCUT2D eigenvalue weighted by molar-refractivity contribution is -0.133. The van der Waals surface area contributed by atoms with Gasteiger partial charge in [0, 0.05) is 23.9 Å². The zero-order valence-corrected chi connectivity index (χ0v) is 18.4. The van der Waals surface area contributed by atoms with Gasteiger partial charge < -0.3 is 9.88 Å². The summed E-state index contributed by atoms with van der Waals surface area (Å²) in [6.07, 6.45) is 2.53. The highest BCUT2D eigenvalue weighted by molar-refractivity contribution is 9.10. The summed E-state index contributed by atoms with van der Waals surface area (Å²) < 4.78 is 1.01. The molecule has 1 atom stereocenters. The van der Waals surface area contributed by atoms with E-state index in [0.717, 1.165) is 16.5 Å². The van der Waals surface area contributed by atoms with Crippen LogP contribution in [-0.2, 0) is 11.2 Å². The van der Waals surface area contributed by atoms with Gasteiger partial charge in [0.2, 0.25) is 5.91 Å². The molecular weight excluding hydrogens is 430 g/mol. The third-order valence-corrected chi connectivity index (χ3v) is 5.80. The summed E-state index contributed by atoms with van der Waals surface area (Å²) in [4.78, 5) is 34.4. The van der Waals surface area contributed by atoms with Gasteiger partial charge in [-0.2, -0.15) is 0 Å². The third-order valence-electron chi connectivity index (χ3n) is 5.07. The molecule has 0 fully saturated rings. The molecule has 1 aromatic heterocycles. The van der Waals surface area contributed by atoms with E-state index in [0.29, 0.717) is 42.5 Å². The van der Waals surface area contributed by atoms with Gasteiger partial charge in [-0.15, -0.1) is 0 Å². The number of aromatic nitrogens is 2. The molecule has 0 aliphatic heterocycles. The molecule has 1 N–H and O–H groups in total. The van der Waals surface area contributed by atoms with E-state index in [1.807, 2.05) is 41.3 Å². The zero-order valence-electron chi connectivity index (χ0n) is 16.8. The second-order valence-electron chi connectivity index (χ2n) is 7.17. The number of benzene rings is 2. The van der Waals surface area contributed by atoms with Crippen molar-refractivity contribution in [2.75, 3.05) is 6.54 Å². The number of amides is 1. The first-order valence-corrected chi connectivity index (χ1v) is 10.8. The molecule has 5 nitrogen and oxygen atoms in total. The number of carbonyl (C=O) groups is 1. The molecular formula is C23H26BrN3O2. The van der Waals surface area contributed by atoms with Crippen molar-refractivity contribution in [3.63, 3.8) is 0 Å². The van der Waals surface area contributed by atoms with E-state index in [1.165, 1.54) is 0 Å². The van der Waals surface area contributed by atoms with E-state index in [2.05, 4.69) is 45.8 Å². The maximum Gasteiger partial charge on any atom is 0.258 e. The Morgan fingerprint density at radius 3 is 2.66 bits per heavy atom. The largest absolute Gasteiger partial charge is 0.336 e. The smallest absolute Gasteiger partial charge is 0.258 e. The lowest BCUT2D eigenvalue weighted by Gasteiger charge is -2.30. The number of aryl methyl sites for hydroxylation is 1. The Morgan fingerprint density at radius 2 is 1.90 bits per heavy atom. The summed E-state index contributed by atoms with van der Waals surface area (Å²) in [6, 6.07) is 15.3. The molecule has 29 heavy (non-hydrogen) atoms. The number of halogens is 1. The molecule has 2 aromatic carbocycles. The molecule has 0 radical (unpaired) electrons. The third kappa shape index (κ3) is 5.12. The Morgan fingerprint density at radius 1 is 1.17 bits per heavy atom. The number of nitrogens with one attached hydrogen (secondary N) is 1. The van der Waals surface area contributed by atoms with Gasteiger partial charge in [0.15, 0.2) is 0 Å². The van der Waals surface area contributed by atoms with Crippen LogP contribution in [-0.4, -0.2) is 27.3 Å².